The SMILES string of the molecule is Cc1n[nH]c2c1C(c1cc(/C=C/CCCCN)cc(C(F)(F)F)c1)(C(C)C)C(C#N)=C(N)O2. The highest BCUT2D eigenvalue weighted by Gasteiger charge is 2.51. The minimum Gasteiger partial charge on any atom is -0.422 e. The van der Waals surface area contributed by atoms with Gasteiger partial charge >= 0.3 is 6.18 Å². The highest BCUT2D eigenvalue weighted by molar-refractivity contribution is 5.64. The van der Waals surface area contributed by atoms with Crippen LogP contribution in [0.25, 0.3) is 6.08 Å². The van der Waals surface area contributed by atoms with Gasteiger partial charge in [-0.3, -0.25) is 0 Å². The molecule has 1 aliphatic rings. The Hall–Kier alpha value is -3.25. The predicted octanol–water partition coefficient (Wildman–Crippen LogP) is 4.91. The van der Waals surface area contributed by atoms with Crippen molar-refractivity contribution in [1.29, 1.82) is 5.26 Å². The second-order valence-corrected chi connectivity index (χ2v) is 8.46. The monoisotopic (exact) mass is 459 g/mol. The number of allylic oxidation sites excluding steroid dienone is 2. The first-order chi connectivity index (χ1) is 15.6. The normalized spacial score (nSPS) is 18.5. The highest BCUT2D eigenvalue weighted by atomic mass is 19.4. The molecule has 1 atom stereocenters. The average Bonchev–Trinajstić information content (AvgIpc) is 3.11. The second-order valence-electron chi connectivity index (χ2n) is 8.46. The fourth-order valence-electron chi connectivity index (χ4n) is 4.54. The lowest BCUT2D eigenvalue weighted by atomic mass is 9.61. The number of hydrogen-bond donors (Lipinski definition) is 3. The van der Waals surface area contributed by atoms with Crippen molar-refractivity contribution >= 4 is 6.08 Å². The Morgan fingerprint density at radius 3 is 2.61 bits per heavy atom. The molecule has 3 rings (SSSR count). The minimum atomic E-state index is -4.57. The maximum absolute atomic E-state index is 13.9. The number of halogens is 3. The molecule has 6 nitrogen and oxygen atoms in total. The van der Waals surface area contributed by atoms with Gasteiger partial charge < -0.3 is 16.2 Å². The van der Waals surface area contributed by atoms with Crippen LogP contribution in [0.1, 0.15) is 61.1 Å². The van der Waals surface area contributed by atoms with Crippen molar-refractivity contribution in [2.45, 2.75) is 51.6 Å². The maximum Gasteiger partial charge on any atom is 0.416 e. The zero-order valence-corrected chi connectivity index (χ0v) is 18.9. The summed E-state index contributed by atoms with van der Waals surface area (Å²) in [6.07, 6.45) is 1.33. The van der Waals surface area contributed by atoms with Gasteiger partial charge in [0.05, 0.1) is 22.2 Å². The van der Waals surface area contributed by atoms with E-state index in [9.17, 15) is 18.4 Å². The second kappa shape index (κ2) is 9.32. The average molecular weight is 460 g/mol. The molecule has 0 amide bonds. The third kappa shape index (κ3) is 4.35. The number of nitrogens with two attached hydrogens (primary N) is 2. The minimum absolute atomic E-state index is 0.0618. The molecule has 33 heavy (non-hydrogen) atoms. The molecule has 1 aromatic heterocycles. The van der Waals surface area contributed by atoms with E-state index in [-0.39, 0.29) is 23.3 Å². The van der Waals surface area contributed by atoms with Crippen LogP contribution in [-0.2, 0) is 11.6 Å². The third-order valence-electron chi connectivity index (χ3n) is 6.01. The highest BCUT2D eigenvalue weighted by Crippen LogP contribution is 2.53. The molecule has 5 N–H and O–H groups in total. The summed E-state index contributed by atoms with van der Waals surface area (Å²) in [5.74, 6) is -0.262. The van der Waals surface area contributed by atoms with Gasteiger partial charge in [0.2, 0.25) is 11.8 Å². The topological polar surface area (TPSA) is 114 Å². The van der Waals surface area contributed by atoms with Crippen molar-refractivity contribution in [1.82, 2.24) is 10.2 Å². The number of hydrogen-bond acceptors (Lipinski definition) is 5. The number of ether oxygens (including phenoxy) is 1. The fourth-order valence-corrected chi connectivity index (χ4v) is 4.54. The molecule has 0 fully saturated rings. The van der Waals surface area contributed by atoms with Gasteiger partial charge in [0.15, 0.2) is 0 Å². The summed E-state index contributed by atoms with van der Waals surface area (Å²) in [6, 6.07) is 5.99. The molecule has 176 valence electrons. The number of fused-ring (bicyclic) bond motifs is 1. The lowest BCUT2D eigenvalue weighted by Crippen LogP contribution is -2.41. The van der Waals surface area contributed by atoms with E-state index in [4.69, 9.17) is 16.2 Å². The van der Waals surface area contributed by atoms with Gasteiger partial charge in [-0.1, -0.05) is 32.1 Å². The molecule has 1 aliphatic heterocycles. The van der Waals surface area contributed by atoms with Crippen molar-refractivity contribution in [3.8, 4) is 11.9 Å². The van der Waals surface area contributed by atoms with Crippen LogP contribution in [0.2, 0.25) is 0 Å². The first kappa shape index (κ1) is 24.4. The van der Waals surface area contributed by atoms with Crippen LogP contribution in [0.5, 0.6) is 5.88 Å². The number of H-pyrrole nitrogens is 1. The Labute approximate surface area is 191 Å². The Balaban J connectivity index is 2.30. The number of aromatic amines is 1. The third-order valence-corrected chi connectivity index (χ3v) is 6.01. The number of nitrogens with one attached hydrogen (secondary N) is 1. The van der Waals surface area contributed by atoms with Crippen LogP contribution < -0.4 is 16.2 Å². The van der Waals surface area contributed by atoms with Crippen LogP contribution >= 0.6 is 0 Å². The van der Waals surface area contributed by atoms with Crippen molar-refractivity contribution in [2.24, 2.45) is 17.4 Å². The summed E-state index contributed by atoms with van der Waals surface area (Å²) < 4.78 is 47.3. The van der Waals surface area contributed by atoms with E-state index in [2.05, 4.69) is 16.3 Å². The van der Waals surface area contributed by atoms with Gasteiger partial charge in [-0.2, -0.15) is 23.5 Å². The Morgan fingerprint density at radius 2 is 2.00 bits per heavy atom. The first-order valence-corrected chi connectivity index (χ1v) is 10.8. The van der Waals surface area contributed by atoms with E-state index in [1.54, 1.807) is 19.1 Å². The molecule has 2 heterocycles. The first-order valence-electron chi connectivity index (χ1n) is 10.8. The van der Waals surface area contributed by atoms with Gasteiger partial charge in [0.25, 0.3) is 0 Å². The molecule has 0 saturated carbocycles. The van der Waals surface area contributed by atoms with E-state index in [1.165, 1.54) is 0 Å². The number of rotatable bonds is 7. The van der Waals surface area contributed by atoms with Crippen molar-refractivity contribution in [3.05, 3.63) is 63.7 Å². The summed E-state index contributed by atoms with van der Waals surface area (Å²) in [4.78, 5) is 0. The standard InChI is InChI=1S/C24H28F3N5O/c1-14(2)23(19(13-29)21(30)33-22-20(23)15(3)31-32-22)17-10-16(8-6-4-5-7-9-28)11-18(12-17)24(25,26)27/h6,8,10-12,14H,4-5,7,9,28,30H2,1-3H3,(H,31,32)/b8-6+. The van der Waals surface area contributed by atoms with E-state index >= 15 is 0 Å². The maximum atomic E-state index is 13.9. The molecule has 0 bridgehead atoms. The summed E-state index contributed by atoms with van der Waals surface area (Å²) >= 11 is 0. The van der Waals surface area contributed by atoms with Gasteiger partial charge in [0, 0.05) is 0 Å². The summed E-state index contributed by atoms with van der Waals surface area (Å²) in [6.45, 7) is 5.97. The number of benzene rings is 1. The van der Waals surface area contributed by atoms with Crippen LogP contribution in [0.3, 0.4) is 0 Å². The predicted molar refractivity (Wildman–Crippen MR) is 120 cm³/mol. The molecule has 0 spiro atoms. The lowest BCUT2D eigenvalue weighted by Gasteiger charge is -2.41. The van der Waals surface area contributed by atoms with E-state index in [0.717, 1.165) is 25.0 Å². The molecule has 1 aromatic carbocycles. The number of nitriles is 1. The fraction of sp³-hybridized carbons (Fsp3) is 0.417. The van der Waals surface area contributed by atoms with Crippen molar-refractivity contribution < 1.29 is 17.9 Å². The number of aryl methyl sites for hydroxylation is 1. The van der Waals surface area contributed by atoms with E-state index < -0.39 is 17.2 Å². The van der Waals surface area contributed by atoms with Crippen molar-refractivity contribution in [3.63, 3.8) is 0 Å². The Morgan fingerprint density at radius 1 is 1.27 bits per heavy atom. The molecular formula is C24H28F3N5O. The van der Waals surface area contributed by atoms with Crippen LogP contribution in [0, 0.1) is 24.2 Å². The number of aromatic nitrogens is 2. The Bertz CT molecular complexity index is 1120. The van der Waals surface area contributed by atoms with Crippen LogP contribution in [0.4, 0.5) is 13.2 Å². The van der Waals surface area contributed by atoms with Crippen molar-refractivity contribution in [2.75, 3.05) is 6.54 Å². The zero-order chi connectivity index (χ0) is 24.4. The van der Waals surface area contributed by atoms with Gasteiger partial charge in [-0.25, -0.2) is 5.10 Å². The van der Waals surface area contributed by atoms with E-state index in [1.807, 2.05) is 19.9 Å². The van der Waals surface area contributed by atoms with Crippen LogP contribution in [0.15, 0.2) is 35.7 Å². The largest absolute Gasteiger partial charge is 0.422 e. The number of alkyl halides is 3. The molecule has 2 aromatic rings. The summed E-state index contributed by atoms with van der Waals surface area (Å²) in [5.41, 5.74) is 11.3. The molecule has 9 heteroatoms. The quantitative estimate of drug-likeness (QED) is 0.509. The summed E-state index contributed by atoms with van der Waals surface area (Å²) in [5, 5.41) is 17.0. The smallest absolute Gasteiger partial charge is 0.416 e. The zero-order valence-electron chi connectivity index (χ0n) is 18.9. The van der Waals surface area contributed by atoms with Gasteiger partial charge in [-0.15, -0.1) is 0 Å². The van der Waals surface area contributed by atoms with Gasteiger partial charge in [-0.05, 0) is 61.9 Å². The lowest BCUT2D eigenvalue weighted by molar-refractivity contribution is -0.137. The molecule has 0 radical (unpaired) electrons. The summed E-state index contributed by atoms with van der Waals surface area (Å²) in [7, 11) is 0. The number of unbranched alkanes of at least 4 members (excludes halogenated alkanes) is 2. The molecular weight excluding hydrogens is 431 g/mol. The molecule has 0 saturated heterocycles. The molecule has 0 aliphatic carbocycles. The van der Waals surface area contributed by atoms with Gasteiger partial charge in [0.1, 0.15) is 11.6 Å². The van der Waals surface area contributed by atoms with Crippen LogP contribution in [-0.4, -0.2) is 16.7 Å². The van der Waals surface area contributed by atoms with E-state index in [0.29, 0.717) is 35.3 Å². The molecule has 1 unspecified atom stereocenters. The number of nitrogens with zero attached hydrogens (tertiary/aromatic N) is 2. The Kier molecular flexibility index (Phi) is 6.89.